The van der Waals surface area contributed by atoms with E-state index >= 15 is 0 Å². The van der Waals surface area contributed by atoms with E-state index in [1.165, 1.54) is 25.9 Å². The first-order valence-corrected chi connectivity index (χ1v) is 7.28. The van der Waals surface area contributed by atoms with Gasteiger partial charge in [0.25, 0.3) is 0 Å². The van der Waals surface area contributed by atoms with Gasteiger partial charge in [0.05, 0.1) is 19.1 Å². The number of methoxy groups -OCH3 is 2. The van der Waals surface area contributed by atoms with Gasteiger partial charge < -0.3 is 19.3 Å². The third-order valence-corrected chi connectivity index (χ3v) is 4.22. The molecule has 110 valence electrons. The Morgan fingerprint density at radius 1 is 1.26 bits per heavy atom. The van der Waals surface area contributed by atoms with E-state index in [1.807, 2.05) is 4.90 Å². The van der Waals surface area contributed by atoms with Crippen molar-refractivity contribution in [2.45, 2.75) is 37.8 Å². The van der Waals surface area contributed by atoms with Crippen LogP contribution in [0.25, 0.3) is 0 Å². The molecule has 2 aliphatic rings. The predicted octanol–water partition coefficient (Wildman–Crippen LogP) is 0.735. The molecule has 1 amide bonds. The van der Waals surface area contributed by atoms with Crippen molar-refractivity contribution in [2.24, 2.45) is 0 Å². The summed E-state index contributed by atoms with van der Waals surface area (Å²) in [6, 6.07) is 0.312. The molecule has 2 rings (SSSR count). The third-order valence-electron chi connectivity index (χ3n) is 4.22. The van der Waals surface area contributed by atoms with Crippen molar-refractivity contribution in [3.05, 3.63) is 0 Å². The summed E-state index contributed by atoms with van der Waals surface area (Å²) in [5, 5.41) is 0. The van der Waals surface area contributed by atoms with Gasteiger partial charge in [-0.1, -0.05) is 0 Å². The largest absolute Gasteiger partial charge is 0.384 e. The minimum absolute atomic E-state index is 0.194. The molecule has 5 nitrogen and oxygen atoms in total. The van der Waals surface area contributed by atoms with Crippen molar-refractivity contribution < 1.29 is 14.3 Å². The summed E-state index contributed by atoms with van der Waals surface area (Å²) in [7, 11) is 3.37. The van der Waals surface area contributed by atoms with Crippen LogP contribution in [0.5, 0.6) is 0 Å². The molecule has 2 saturated heterocycles. The van der Waals surface area contributed by atoms with Crippen molar-refractivity contribution >= 4 is 5.91 Å². The van der Waals surface area contributed by atoms with Gasteiger partial charge in [0.1, 0.15) is 0 Å². The van der Waals surface area contributed by atoms with Crippen LogP contribution in [0.1, 0.15) is 25.7 Å². The molecule has 2 fully saturated rings. The summed E-state index contributed by atoms with van der Waals surface area (Å²) in [6.07, 6.45) is 4.21. The van der Waals surface area contributed by atoms with Gasteiger partial charge in [0.15, 0.2) is 0 Å². The number of carbonyl (C=O) groups is 1. The summed E-state index contributed by atoms with van der Waals surface area (Å²) in [4.78, 5) is 16.7. The normalized spacial score (nSPS) is 28.2. The molecular weight excluding hydrogens is 244 g/mol. The van der Waals surface area contributed by atoms with Crippen molar-refractivity contribution in [3.63, 3.8) is 0 Å². The van der Waals surface area contributed by atoms with E-state index in [4.69, 9.17) is 9.47 Å². The molecule has 0 aromatic heterocycles. The molecule has 19 heavy (non-hydrogen) atoms. The second-order valence-electron chi connectivity index (χ2n) is 5.54. The number of amides is 1. The first kappa shape index (κ1) is 14.8. The van der Waals surface area contributed by atoms with Crippen LogP contribution >= 0.6 is 0 Å². The highest BCUT2D eigenvalue weighted by molar-refractivity contribution is 5.77. The van der Waals surface area contributed by atoms with Gasteiger partial charge in [-0.05, 0) is 32.4 Å². The first-order chi connectivity index (χ1) is 9.24. The lowest BCUT2D eigenvalue weighted by atomic mass is 10.2. The minimum atomic E-state index is 0.194. The van der Waals surface area contributed by atoms with Crippen molar-refractivity contribution in [1.82, 2.24) is 9.80 Å². The van der Waals surface area contributed by atoms with Crippen LogP contribution in [0.3, 0.4) is 0 Å². The molecule has 0 spiro atoms. The van der Waals surface area contributed by atoms with E-state index in [9.17, 15) is 4.79 Å². The third kappa shape index (κ3) is 3.91. The van der Waals surface area contributed by atoms with Gasteiger partial charge in [-0.25, -0.2) is 0 Å². The van der Waals surface area contributed by atoms with E-state index in [0.29, 0.717) is 19.1 Å². The summed E-state index contributed by atoms with van der Waals surface area (Å²) in [6.45, 7) is 4.59. The molecule has 0 saturated carbocycles. The van der Waals surface area contributed by atoms with Gasteiger partial charge in [-0.15, -0.1) is 0 Å². The Hall–Kier alpha value is -0.650. The van der Waals surface area contributed by atoms with E-state index in [0.717, 1.165) is 19.5 Å². The van der Waals surface area contributed by atoms with Gasteiger partial charge in [0, 0.05) is 33.4 Å². The Balaban J connectivity index is 1.90. The molecule has 0 N–H and O–H groups in total. The zero-order chi connectivity index (χ0) is 13.7. The number of nitrogens with zero attached hydrogens (tertiary/aromatic N) is 2. The smallest absolute Gasteiger partial charge is 0.225 e. The average Bonchev–Trinajstić information content (AvgIpc) is 3.06. The van der Waals surface area contributed by atoms with Crippen LogP contribution in [0.15, 0.2) is 0 Å². The van der Waals surface area contributed by atoms with Crippen LogP contribution in [0.4, 0.5) is 0 Å². The summed E-state index contributed by atoms with van der Waals surface area (Å²) in [5.74, 6) is 0.200. The number of likely N-dealkylation sites (tertiary alicyclic amines) is 2. The topological polar surface area (TPSA) is 42.0 Å². The molecule has 0 radical (unpaired) electrons. The highest BCUT2D eigenvalue weighted by atomic mass is 16.5. The molecule has 5 heteroatoms. The summed E-state index contributed by atoms with van der Waals surface area (Å²) >= 11 is 0. The number of ether oxygens (including phenoxy) is 2. The van der Waals surface area contributed by atoms with Gasteiger partial charge in [-0.3, -0.25) is 4.79 Å². The number of hydrogen-bond acceptors (Lipinski definition) is 4. The molecule has 2 heterocycles. The Morgan fingerprint density at radius 3 is 2.63 bits per heavy atom. The second kappa shape index (κ2) is 7.22. The SMILES string of the molecule is COCCC(=O)N1C[C@@H](OC)C[C@H]1CN1CCCC1. The number of hydrogen-bond donors (Lipinski definition) is 0. The van der Waals surface area contributed by atoms with Crippen molar-refractivity contribution in [3.8, 4) is 0 Å². The zero-order valence-electron chi connectivity index (χ0n) is 12.1. The predicted molar refractivity (Wildman–Crippen MR) is 73.1 cm³/mol. The van der Waals surface area contributed by atoms with Crippen LogP contribution in [0, 0.1) is 0 Å². The fourth-order valence-electron chi connectivity index (χ4n) is 3.12. The fraction of sp³-hybridized carbons (Fsp3) is 0.929. The lowest BCUT2D eigenvalue weighted by Crippen LogP contribution is -2.42. The minimum Gasteiger partial charge on any atom is -0.384 e. The summed E-state index contributed by atoms with van der Waals surface area (Å²) in [5.41, 5.74) is 0. The monoisotopic (exact) mass is 270 g/mol. The van der Waals surface area contributed by atoms with Crippen molar-refractivity contribution in [1.29, 1.82) is 0 Å². The Bertz CT molecular complexity index is 292. The molecule has 0 aromatic carbocycles. The molecule has 0 unspecified atom stereocenters. The maximum atomic E-state index is 12.2. The standard InChI is InChI=1S/C14H26N2O3/c1-18-8-5-14(17)16-11-13(19-2)9-12(16)10-15-6-3-4-7-15/h12-13H,3-11H2,1-2H3/t12-,13-/m0/s1. The van der Waals surface area contributed by atoms with Crippen LogP contribution in [-0.4, -0.2) is 74.9 Å². The van der Waals surface area contributed by atoms with Gasteiger partial charge >= 0.3 is 0 Å². The fourth-order valence-corrected chi connectivity index (χ4v) is 3.12. The molecule has 0 bridgehead atoms. The van der Waals surface area contributed by atoms with Crippen LogP contribution < -0.4 is 0 Å². The highest BCUT2D eigenvalue weighted by Gasteiger charge is 2.36. The highest BCUT2D eigenvalue weighted by Crippen LogP contribution is 2.23. The molecule has 2 atom stereocenters. The Kier molecular flexibility index (Phi) is 5.60. The molecule has 0 aliphatic carbocycles. The quantitative estimate of drug-likeness (QED) is 0.714. The molecular formula is C14H26N2O3. The van der Waals surface area contributed by atoms with E-state index < -0.39 is 0 Å². The maximum Gasteiger partial charge on any atom is 0.225 e. The van der Waals surface area contributed by atoms with Crippen LogP contribution in [0.2, 0.25) is 0 Å². The first-order valence-electron chi connectivity index (χ1n) is 7.28. The number of carbonyl (C=O) groups excluding carboxylic acids is 1. The molecule has 0 aromatic rings. The van der Waals surface area contributed by atoms with Crippen molar-refractivity contribution in [2.75, 3.05) is 47.0 Å². The Labute approximate surface area is 115 Å². The average molecular weight is 270 g/mol. The van der Waals surface area contributed by atoms with E-state index in [2.05, 4.69) is 4.90 Å². The lowest BCUT2D eigenvalue weighted by Gasteiger charge is -2.28. The van der Waals surface area contributed by atoms with E-state index in [-0.39, 0.29) is 12.0 Å². The van der Waals surface area contributed by atoms with Crippen LogP contribution in [-0.2, 0) is 14.3 Å². The van der Waals surface area contributed by atoms with E-state index in [1.54, 1.807) is 14.2 Å². The maximum absolute atomic E-state index is 12.2. The zero-order valence-corrected chi connectivity index (χ0v) is 12.1. The Morgan fingerprint density at radius 2 is 2.00 bits per heavy atom. The second-order valence-corrected chi connectivity index (χ2v) is 5.54. The van der Waals surface area contributed by atoms with Gasteiger partial charge in [-0.2, -0.15) is 0 Å². The summed E-state index contributed by atoms with van der Waals surface area (Å²) < 4.78 is 10.5. The van der Waals surface area contributed by atoms with Gasteiger partial charge in [0.2, 0.25) is 5.91 Å². The molecule has 2 aliphatic heterocycles. The number of rotatable bonds is 6. The lowest BCUT2D eigenvalue weighted by molar-refractivity contribution is -0.133.